The highest BCUT2D eigenvalue weighted by Gasteiger charge is 2.33. The summed E-state index contributed by atoms with van der Waals surface area (Å²) in [5.74, 6) is 0.628. The normalized spacial score (nSPS) is 18.5. The molecule has 3 heterocycles. The summed E-state index contributed by atoms with van der Waals surface area (Å²) in [6.07, 6.45) is 7.68. The van der Waals surface area contributed by atoms with Crippen molar-refractivity contribution in [3.63, 3.8) is 0 Å². The van der Waals surface area contributed by atoms with E-state index in [1.807, 2.05) is 18.2 Å². The molecule has 1 atom stereocenters. The van der Waals surface area contributed by atoms with Crippen LogP contribution in [0.5, 0.6) is 0 Å². The lowest BCUT2D eigenvalue weighted by atomic mass is 9.66. The Kier molecular flexibility index (Phi) is 3.69. The van der Waals surface area contributed by atoms with E-state index in [4.69, 9.17) is 9.68 Å². The number of aromatic amines is 1. The van der Waals surface area contributed by atoms with E-state index in [1.165, 1.54) is 6.39 Å². The zero-order valence-corrected chi connectivity index (χ0v) is 15.4. The van der Waals surface area contributed by atoms with E-state index in [-0.39, 0.29) is 5.44 Å². The van der Waals surface area contributed by atoms with Crippen molar-refractivity contribution < 1.29 is 4.42 Å². The van der Waals surface area contributed by atoms with Gasteiger partial charge in [-0.3, -0.25) is 10.1 Å². The molecule has 28 heavy (non-hydrogen) atoms. The zero-order valence-electron chi connectivity index (χ0n) is 15.4. The second-order valence-electron chi connectivity index (χ2n) is 7.35. The molecule has 5 rings (SSSR count). The van der Waals surface area contributed by atoms with E-state index in [0.717, 1.165) is 52.8 Å². The molecule has 0 fully saturated rings. The molecule has 2 N–H and O–H groups in total. The Hall–Kier alpha value is -3.60. The summed E-state index contributed by atoms with van der Waals surface area (Å²) >= 11 is 0. The number of aromatic nitrogens is 4. The highest BCUT2D eigenvalue weighted by molar-refractivity contribution is 6.17. The molecule has 1 unspecified atom stereocenters. The lowest BCUT2D eigenvalue weighted by Crippen LogP contribution is -2.40. The summed E-state index contributed by atoms with van der Waals surface area (Å²) < 4.78 is 5.41. The number of nitrogens with one attached hydrogen (secondary N) is 2. The second-order valence-corrected chi connectivity index (χ2v) is 7.35. The van der Waals surface area contributed by atoms with Crippen LogP contribution in [0.2, 0.25) is 0 Å². The summed E-state index contributed by atoms with van der Waals surface area (Å²) in [5.41, 5.74) is 5.12. The Morgan fingerprint density at radius 3 is 3.04 bits per heavy atom. The maximum absolute atomic E-state index is 9.16. The number of pyridine rings is 1. The van der Waals surface area contributed by atoms with Gasteiger partial charge >= 0.3 is 0 Å². The van der Waals surface area contributed by atoms with Crippen LogP contribution in [0.3, 0.4) is 0 Å². The van der Waals surface area contributed by atoms with Gasteiger partial charge in [0.2, 0.25) is 0 Å². The van der Waals surface area contributed by atoms with Gasteiger partial charge in [0, 0.05) is 22.7 Å². The average Bonchev–Trinajstić information content (AvgIpc) is 3.37. The molecule has 4 aromatic rings. The molecule has 0 bridgehead atoms. The third kappa shape index (κ3) is 2.64. The molecule has 3 aromatic heterocycles. The fourth-order valence-electron chi connectivity index (χ4n) is 4.06. The quantitative estimate of drug-likeness (QED) is 0.539. The summed E-state index contributed by atoms with van der Waals surface area (Å²) in [6.45, 7) is 0. The van der Waals surface area contributed by atoms with Gasteiger partial charge < -0.3 is 9.73 Å². The topological polar surface area (TPSA) is 103 Å². The molecule has 8 heteroatoms. The van der Waals surface area contributed by atoms with Gasteiger partial charge in [0.15, 0.2) is 12.2 Å². The molecular formula is C20H17BN6O. The predicted octanol–water partition coefficient (Wildman–Crippen LogP) is 2.72. The van der Waals surface area contributed by atoms with Crippen LogP contribution in [-0.4, -0.2) is 28.0 Å². The van der Waals surface area contributed by atoms with Crippen molar-refractivity contribution in [2.45, 2.75) is 24.7 Å². The van der Waals surface area contributed by atoms with Gasteiger partial charge in [0.05, 0.1) is 23.0 Å². The highest BCUT2D eigenvalue weighted by atomic mass is 16.3. The Bertz CT molecular complexity index is 1210. The minimum Gasteiger partial charge on any atom is -0.442 e. The summed E-state index contributed by atoms with van der Waals surface area (Å²) in [5, 5.41) is 21.2. The molecule has 136 valence electrons. The summed E-state index contributed by atoms with van der Waals surface area (Å²) in [6, 6.07) is 10.3. The maximum atomic E-state index is 9.16. The first-order valence-electron chi connectivity index (χ1n) is 9.21. The predicted molar refractivity (Wildman–Crippen MR) is 107 cm³/mol. The molecule has 0 aliphatic heterocycles. The molecule has 0 spiro atoms. The number of anilines is 1. The maximum Gasteiger partial charge on any atom is 0.181 e. The van der Waals surface area contributed by atoms with E-state index in [9.17, 15) is 0 Å². The number of benzene rings is 1. The van der Waals surface area contributed by atoms with Crippen LogP contribution in [0.1, 0.15) is 29.7 Å². The first kappa shape index (κ1) is 16.6. The number of H-pyrrole nitrogens is 1. The van der Waals surface area contributed by atoms with Gasteiger partial charge in [-0.1, -0.05) is 0 Å². The molecule has 0 saturated carbocycles. The van der Waals surface area contributed by atoms with Crippen molar-refractivity contribution in [2.24, 2.45) is 0 Å². The van der Waals surface area contributed by atoms with E-state index in [1.54, 1.807) is 12.4 Å². The van der Waals surface area contributed by atoms with Gasteiger partial charge in [0.25, 0.3) is 0 Å². The number of hydrogen-bond donors (Lipinski definition) is 2. The smallest absolute Gasteiger partial charge is 0.181 e. The number of nitrogens with zero attached hydrogens (tertiary/aromatic N) is 4. The third-order valence-electron chi connectivity index (χ3n) is 5.39. The zero-order chi connectivity index (χ0) is 19.1. The van der Waals surface area contributed by atoms with Crippen LogP contribution in [0, 0.1) is 11.3 Å². The average molecular weight is 368 g/mol. The van der Waals surface area contributed by atoms with Crippen LogP contribution in [0.4, 0.5) is 5.69 Å². The van der Waals surface area contributed by atoms with Gasteiger partial charge in [-0.25, -0.2) is 4.98 Å². The van der Waals surface area contributed by atoms with Crippen molar-refractivity contribution >= 4 is 24.4 Å². The number of rotatable bonds is 3. The number of hydrogen-bond acceptors (Lipinski definition) is 6. The molecule has 0 radical (unpaired) electrons. The van der Waals surface area contributed by atoms with Crippen molar-refractivity contribution in [3.05, 3.63) is 59.9 Å². The SMILES string of the molecule is BC1(Nc2ccc3[nH]nc(-c4cnco4)c3c2)CCCc2cc(C#N)cnc21. The molecule has 1 aliphatic rings. The van der Waals surface area contributed by atoms with Crippen LogP contribution >= 0.6 is 0 Å². The van der Waals surface area contributed by atoms with Crippen molar-refractivity contribution in [2.75, 3.05) is 5.32 Å². The molecule has 7 nitrogen and oxygen atoms in total. The van der Waals surface area contributed by atoms with Crippen molar-refractivity contribution in [1.82, 2.24) is 20.2 Å². The van der Waals surface area contributed by atoms with Gasteiger partial charge in [-0.05, 0) is 49.1 Å². The monoisotopic (exact) mass is 368 g/mol. The Balaban J connectivity index is 1.54. The first-order chi connectivity index (χ1) is 13.7. The molecular weight excluding hydrogens is 351 g/mol. The minimum absolute atomic E-state index is 0.300. The van der Waals surface area contributed by atoms with Crippen LogP contribution < -0.4 is 5.32 Å². The van der Waals surface area contributed by atoms with E-state index < -0.39 is 0 Å². The molecule has 0 saturated heterocycles. The van der Waals surface area contributed by atoms with E-state index in [2.05, 4.69) is 45.5 Å². The fourth-order valence-corrected chi connectivity index (χ4v) is 4.06. The van der Waals surface area contributed by atoms with E-state index in [0.29, 0.717) is 11.3 Å². The van der Waals surface area contributed by atoms with Gasteiger partial charge in [-0.2, -0.15) is 10.4 Å². The Labute approximate surface area is 162 Å². The van der Waals surface area contributed by atoms with Crippen LogP contribution in [-0.2, 0) is 11.9 Å². The standard InChI is InChI=1S/C20H17BN6O/c21-20(5-1-2-13-6-12(8-22)9-24-19(13)20)25-14-3-4-16-15(7-14)18(27-26-16)17-10-23-11-28-17/h3-4,6-7,9-11,25H,1-2,5,21H2,(H,26,27). The first-order valence-corrected chi connectivity index (χ1v) is 9.21. The Morgan fingerprint density at radius 2 is 2.21 bits per heavy atom. The van der Waals surface area contributed by atoms with Crippen molar-refractivity contribution in [1.29, 1.82) is 5.26 Å². The van der Waals surface area contributed by atoms with Gasteiger partial charge in [0.1, 0.15) is 19.6 Å². The number of fused-ring (bicyclic) bond motifs is 2. The lowest BCUT2D eigenvalue weighted by Gasteiger charge is -2.37. The summed E-state index contributed by atoms with van der Waals surface area (Å²) in [7, 11) is 2.17. The van der Waals surface area contributed by atoms with Gasteiger partial charge in [-0.15, -0.1) is 0 Å². The van der Waals surface area contributed by atoms with Crippen molar-refractivity contribution in [3.8, 4) is 17.5 Å². The molecule has 0 amide bonds. The van der Waals surface area contributed by atoms with E-state index >= 15 is 0 Å². The third-order valence-corrected chi connectivity index (χ3v) is 5.39. The lowest BCUT2D eigenvalue weighted by molar-refractivity contribution is 0.529. The second kappa shape index (κ2) is 6.24. The molecule has 1 aliphatic carbocycles. The highest BCUT2D eigenvalue weighted by Crippen LogP contribution is 2.36. The minimum atomic E-state index is -0.300. The number of aryl methyl sites for hydroxylation is 1. The number of nitriles is 1. The number of oxazole rings is 1. The largest absolute Gasteiger partial charge is 0.442 e. The van der Waals surface area contributed by atoms with Crippen LogP contribution in [0.25, 0.3) is 22.4 Å². The van der Waals surface area contributed by atoms with Crippen LogP contribution in [0.15, 0.2) is 47.5 Å². The molecule has 1 aromatic carbocycles. The fraction of sp³-hybridized carbons (Fsp3) is 0.200. The summed E-state index contributed by atoms with van der Waals surface area (Å²) in [4.78, 5) is 8.61. The Morgan fingerprint density at radius 1 is 1.29 bits per heavy atom.